The minimum absolute atomic E-state index is 0.0866. The van der Waals surface area contributed by atoms with Gasteiger partial charge in [0.15, 0.2) is 0 Å². The second-order valence-corrected chi connectivity index (χ2v) is 9.39. The van der Waals surface area contributed by atoms with Gasteiger partial charge in [-0.3, -0.25) is 9.59 Å². The molecule has 0 unspecified atom stereocenters. The normalized spacial score (nSPS) is 14.2. The highest BCUT2D eigenvalue weighted by Crippen LogP contribution is 2.29. The van der Waals surface area contributed by atoms with Gasteiger partial charge in [0, 0.05) is 25.3 Å². The fourth-order valence-corrected chi connectivity index (χ4v) is 4.77. The molecular weight excluding hydrogens is 450 g/mol. The van der Waals surface area contributed by atoms with Crippen LogP contribution in [0.25, 0.3) is 0 Å². The molecule has 0 bridgehead atoms. The maximum absolute atomic E-state index is 12.3. The van der Waals surface area contributed by atoms with Gasteiger partial charge in [0.1, 0.15) is 0 Å². The third-order valence-corrected chi connectivity index (χ3v) is 6.83. The van der Waals surface area contributed by atoms with Crippen LogP contribution in [0.2, 0.25) is 0 Å². The van der Waals surface area contributed by atoms with E-state index in [1.807, 2.05) is 42.5 Å². The highest BCUT2D eigenvalue weighted by atomic mass is 32.1. The van der Waals surface area contributed by atoms with Gasteiger partial charge in [-0.15, -0.1) is 10.2 Å². The molecule has 1 fully saturated rings. The topological polar surface area (TPSA) is 110 Å². The average Bonchev–Trinajstić information content (AvgIpc) is 3.31. The molecular formula is C25H29N5O3S. The number of hydrogen-bond donors (Lipinski definition) is 2. The van der Waals surface area contributed by atoms with Crippen LogP contribution in [0.4, 0.5) is 10.3 Å². The number of rotatable bonds is 10. The Hall–Kier alpha value is -3.30. The number of carbonyl (C=O) groups excluding carboxylic acids is 2. The number of primary amides is 1. The second kappa shape index (κ2) is 11.7. The van der Waals surface area contributed by atoms with E-state index >= 15 is 0 Å². The van der Waals surface area contributed by atoms with Crippen LogP contribution < -0.4 is 16.0 Å². The highest BCUT2D eigenvalue weighted by Gasteiger charge is 2.22. The lowest BCUT2D eigenvalue weighted by atomic mass is 9.94. The number of aromatic nitrogens is 2. The van der Waals surface area contributed by atoms with Gasteiger partial charge in [-0.25, -0.2) is 0 Å². The molecule has 8 nitrogen and oxygen atoms in total. The SMILES string of the molecule is NC(=O)c1ccc(COCCC2CCN(c3nnc(NC(=O)Cc4ccccc4)s3)CC2)cc1. The maximum atomic E-state index is 12.3. The van der Waals surface area contributed by atoms with Crippen LogP contribution in [-0.4, -0.2) is 41.7 Å². The van der Waals surface area contributed by atoms with Crippen molar-refractivity contribution >= 4 is 33.4 Å². The highest BCUT2D eigenvalue weighted by molar-refractivity contribution is 7.19. The van der Waals surface area contributed by atoms with E-state index in [0.717, 1.165) is 48.6 Å². The minimum atomic E-state index is -0.420. The lowest BCUT2D eigenvalue weighted by Gasteiger charge is -2.31. The number of nitrogens with zero attached hydrogens (tertiary/aromatic N) is 3. The first-order valence-electron chi connectivity index (χ1n) is 11.5. The zero-order valence-corrected chi connectivity index (χ0v) is 19.8. The van der Waals surface area contributed by atoms with Gasteiger partial charge >= 0.3 is 0 Å². The molecule has 4 rings (SSSR count). The van der Waals surface area contributed by atoms with E-state index in [1.54, 1.807) is 12.1 Å². The summed E-state index contributed by atoms with van der Waals surface area (Å²) in [6.07, 6.45) is 3.49. The van der Waals surface area contributed by atoms with Gasteiger partial charge < -0.3 is 20.7 Å². The molecule has 1 aliphatic heterocycles. The van der Waals surface area contributed by atoms with Gasteiger partial charge in [-0.05, 0) is 48.4 Å². The smallest absolute Gasteiger partial charge is 0.248 e. The molecule has 9 heteroatoms. The number of piperidine rings is 1. The second-order valence-electron chi connectivity index (χ2n) is 8.43. The predicted molar refractivity (Wildman–Crippen MR) is 133 cm³/mol. The number of hydrogen-bond acceptors (Lipinski definition) is 7. The Labute approximate surface area is 203 Å². The molecule has 2 heterocycles. The summed E-state index contributed by atoms with van der Waals surface area (Å²) in [5.41, 5.74) is 7.77. The standard InChI is InChI=1S/C25H29N5O3S/c26-23(32)21-8-6-20(7-9-21)17-33-15-12-18-10-13-30(14-11-18)25-29-28-24(34-25)27-22(31)16-19-4-2-1-3-5-19/h1-9,18H,10-17H2,(H2,26,32)(H,27,28,31). The zero-order chi connectivity index (χ0) is 23.8. The predicted octanol–water partition coefficient (Wildman–Crippen LogP) is 3.64. The maximum Gasteiger partial charge on any atom is 0.248 e. The molecule has 34 heavy (non-hydrogen) atoms. The van der Waals surface area contributed by atoms with Crippen molar-refractivity contribution in [3.63, 3.8) is 0 Å². The first kappa shape index (κ1) is 23.8. The van der Waals surface area contributed by atoms with Crippen molar-refractivity contribution in [1.29, 1.82) is 0 Å². The largest absolute Gasteiger partial charge is 0.377 e. The minimum Gasteiger partial charge on any atom is -0.377 e. The monoisotopic (exact) mass is 479 g/mol. The van der Waals surface area contributed by atoms with E-state index in [4.69, 9.17) is 10.5 Å². The Kier molecular flexibility index (Phi) is 8.21. The van der Waals surface area contributed by atoms with Gasteiger partial charge in [0.2, 0.25) is 22.1 Å². The molecule has 2 aromatic carbocycles. The molecule has 0 aliphatic carbocycles. The quantitative estimate of drug-likeness (QED) is 0.430. The summed E-state index contributed by atoms with van der Waals surface area (Å²) >= 11 is 1.42. The number of nitrogens with two attached hydrogens (primary N) is 1. The van der Waals surface area contributed by atoms with Crippen molar-refractivity contribution in [3.05, 3.63) is 71.3 Å². The van der Waals surface area contributed by atoms with Crippen LogP contribution in [0.5, 0.6) is 0 Å². The summed E-state index contributed by atoms with van der Waals surface area (Å²) < 4.78 is 5.83. The molecule has 178 valence electrons. The molecule has 0 radical (unpaired) electrons. The molecule has 0 atom stereocenters. The first-order chi connectivity index (χ1) is 16.6. The van der Waals surface area contributed by atoms with Crippen LogP contribution in [0.3, 0.4) is 0 Å². The van der Waals surface area contributed by atoms with Gasteiger partial charge in [-0.2, -0.15) is 0 Å². The summed E-state index contributed by atoms with van der Waals surface area (Å²) in [6.45, 7) is 3.08. The lowest BCUT2D eigenvalue weighted by molar-refractivity contribution is -0.115. The van der Waals surface area contributed by atoms with E-state index in [-0.39, 0.29) is 5.91 Å². The Morgan fingerprint density at radius 2 is 1.76 bits per heavy atom. The summed E-state index contributed by atoms with van der Waals surface area (Å²) in [4.78, 5) is 25.6. The van der Waals surface area contributed by atoms with Crippen molar-refractivity contribution in [2.75, 3.05) is 29.9 Å². The number of anilines is 2. The molecule has 1 saturated heterocycles. The third-order valence-electron chi connectivity index (χ3n) is 5.93. The number of ether oxygens (including phenoxy) is 1. The fourth-order valence-electron chi connectivity index (χ4n) is 3.96. The van der Waals surface area contributed by atoms with Crippen LogP contribution in [0.15, 0.2) is 54.6 Å². The molecule has 1 aliphatic rings. The molecule has 1 aromatic heterocycles. The fraction of sp³-hybridized carbons (Fsp3) is 0.360. The van der Waals surface area contributed by atoms with Crippen LogP contribution in [0, 0.1) is 5.92 Å². The summed E-state index contributed by atoms with van der Waals surface area (Å²) in [5.74, 6) is 0.110. The summed E-state index contributed by atoms with van der Waals surface area (Å²) in [6, 6.07) is 16.8. The summed E-state index contributed by atoms with van der Waals surface area (Å²) in [5, 5.41) is 12.7. The van der Waals surface area contributed by atoms with Gasteiger partial charge in [0.25, 0.3) is 0 Å². The number of carbonyl (C=O) groups is 2. The molecule has 3 aromatic rings. The Morgan fingerprint density at radius 3 is 2.47 bits per heavy atom. The van der Waals surface area contributed by atoms with E-state index in [1.165, 1.54) is 11.3 Å². The molecule has 0 saturated carbocycles. The summed E-state index contributed by atoms with van der Waals surface area (Å²) in [7, 11) is 0. The van der Waals surface area contributed by atoms with Gasteiger partial charge in [-0.1, -0.05) is 53.8 Å². The Morgan fingerprint density at radius 1 is 1.03 bits per heavy atom. The van der Waals surface area contributed by atoms with Crippen molar-refractivity contribution < 1.29 is 14.3 Å². The van der Waals surface area contributed by atoms with Crippen molar-refractivity contribution in [3.8, 4) is 0 Å². The third kappa shape index (κ3) is 6.85. The van der Waals surface area contributed by atoms with Crippen LogP contribution in [0.1, 0.15) is 40.7 Å². The van der Waals surface area contributed by atoms with Crippen LogP contribution >= 0.6 is 11.3 Å². The lowest BCUT2D eigenvalue weighted by Crippen LogP contribution is -2.33. The van der Waals surface area contributed by atoms with E-state index < -0.39 is 5.91 Å². The molecule has 0 spiro atoms. The first-order valence-corrected chi connectivity index (χ1v) is 12.3. The van der Waals surface area contributed by atoms with Crippen molar-refractivity contribution in [2.24, 2.45) is 11.7 Å². The van der Waals surface area contributed by atoms with Gasteiger partial charge in [0.05, 0.1) is 13.0 Å². The van der Waals surface area contributed by atoms with E-state index in [9.17, 15) is 9.59 Å². The van der Waals surface area contributed by atoms with E-state index in [0.29, 0.717) is 36.2 Å². The number of amides is 2. The Bertz CT molecular complexity index is 1080. The molecule has 3 N–H and O–H groups in total. The zero-order valence-electron chi connectivity index (χ0n) is 19.0. The van der Waals surface area contributed by atoms with E-state index in [2.05, 4.69) is 20.4 Å². The van der Waals surface area contributed by atoms with Crippen molar-refractivity contribution in [1.82, 2.24) is 10.2 Å². The number of benzene rings is 2. The van der Waals surface area contributed by atoms with Crippen molar-refractivity contribution in [2.45, 2.75) is 32.3 Å². The average molecular weight is 480 g/mol. The van der Waals surface area contributed by atoms with Crippen LogP contribution in [-0.2, 0) is 22.6 Å². The molecule has 2 amide bonds. The Balaban J connectivity index is 1.14. The number of nitrogens with one attached hydrogen (secondary N) is 1.